The second-order valence-corrected chi connectivity index (χ2v) is 8.44. The van der Waals surface area contributed by atoms with Crippen molar-refractivity contribution in [1.29, 1.82) is 0 Å². The number of benzene rings is 2. The van der Waals surface area contributed by atoms with E-state index in [0.717, 1.165) is 10.5 Å². The van der Waals surface area contributed by atoms with Crippen LogP contribution in [0.3, 0.4) is 0 Å². The molecule has 3 rings (SSSR count). The summed E-state index contributed by atoms with van der Waals surface area (Å²) in [5.41, 5.74) is 1.63. The van der Waals surface area contributed by atoms with Crippen LogP contribution in [0.5, 0.6) is 0 Å². The molecule has 1 fully saturated rings. The van der Waals surface area contributed by atoms with Crippen molar-refractivity contribution in [2.75, 3.05) is 18.6 Å². The Kier molecular flexibility index (Phi) is 6.30. The monoisotopic (exact) mass is 432 g/mol. The number of nitrogens with two attached hydrogens (primary N) is 2. The number of hydrogen-bond acceptors (Lipinski definition) is 6. The van der Waals surface area contributed by atoms with Gasteiger partial charge in [-0.05, 0) is 42.0 Å². The van der Waals surface area contributed by atoms with E-state index in [1.165, 1.54) is 43.5 Å². The van der Waals surface area contributed by atoms with Gasteiger partial charge in [0.05, 0.1) is 36.2 Å². The number of quaternary nitrogens is 1. The average Bonchev–Trinajstić information content (AvgIpc) is 3.00. The van der Waals surface area contributed by atoms with E-state index in [9.17, 15) is 22.8 Å². The van der Waals surface area contributed by atoms with E-state index in [-0.39, 0.29) is 23.1 Å². The highest BCUT2D eigenvalue weighted by Gasteiger charge is 2.42. The van der Waals surface area contributed by atoms with Crippen molar-refractivity contribution in [3.05, 3.63) is 59.7 Å². The lowest BCUT2D eigenvalue weighted by molar-refractivity contribution is -0.674. The van der Waals surface area contributed by atoms with Crippen LogP contribution in [-0.4, -0.2) is 45.9 Å². The van der Waals surface area contributed by atoms with E-state index in [1.54, 1.807) is 17.4 Å². The molecule has 1 aliphatic rings. The molecule has 4 N–H and O–H groups in total. The average molecular weight is 432 g/mol. The standard InChI is InChI=1S/C20H21N3O6S/c1-29-20(26)14-4-6-15(7-5-14)23-18(24)12-17(19(23)25)22-11-10-13-2-8-16(9-3-13)30(21,27)28/h2-9,17,22H,10-12H2,1H3,(H2,21,27,28)/p+1. The van der Waals surface area contributed by atoms with Gasteiger partial charge in [-0.3, -0.25) is 9.59 Å². The molecule has 1 aliphatic heterocycles. The normalized spacial score (nSPS) is 16.7. The molecule has 10 heteroatoms. The highest BCUT2D eigenvalue weighted by Crippen LogP contribution is 2.22. The molecule has 2 aromatic carbocycles. The SMILES string of the molecule is COC(=O)c1ccc(N2C(=O)CC([NH2+]CCc3ccc(S(N)(=O)=O)cc3)C2=O)cc1. The Labute approximate surface area is 173 Å². The Morgan fingerprint density at radius 2 is 1.77 bits per heavy atom. The molecule has 1 unspecified atom stereocenters. The van der Waals surface area contributed by atoms with Crippen molar-refractivity contribution >= 4 is 33.5 Å². The van der Waals surface area contributed by atoms with Crippen molar-refractivity contribution in [3.63, 3.8) is 0 Å². The minimum absolute atomic E-state index is 0.0423. The highest BCUT2D eigenvalue weighted by molar-refractivity contribution is 7.89. The molecule has 1 heterocycles. The molecule has 9 nitrogen and oxygen atoms in total. The Hall–Kier alpha value is -3.08. The summed E-state index contributed by atoms with van der Waals surface area (Å²) in [6, 6.07) is 11.8. The van der Waals surface area contributed by atoms with Crippen LogP contribution in [0.1, 0.15) is 22.3 Å². The molecule has 0 bridgehead atoms. The number of hydrogen-bond donors (Lipinski definition) is 2. The molecule has 0 aliphatic carbocycles. The number of nitrogens with zero attached hydrogens (tertiary/aromatic N) is 1. The van der Waals surface area contributed by atoms with Crippen molar-refractivity contribution in [2.24, 2.45) is 5.14 Å². The maximum Gasteiger partial charge on any atom is 0.337 e. The van der Waals surface area contributed by atoms with Gasteiger partial charge in [-0.2, -0.15) is 0 Å². The number of methoxy groups -OCH3 is 1. The summed E-state index contributed by atoms with van der Waals surface area (Å²) in [7, 11) is -2.45. The Morgan fingerprint density at radius 3 is 2.33 bits per heavy atom. The summed E-state index contributed by atoms with van der Waals surface area (Å²) >= 11 is 0. The van der Waals surface area contributed by atoms with Crippen LogP contribution in [0.2, 0.25) is 0 Å². The van der Waals surface area contributed by atoms with Gasteiger partial charge in [0.15, 0.2) is 6.04 Å². The molecule has 0 saturated carbocycles. The van der Waals surface area contributed by atoms with Gasteiger partial charge in [-0.1, -0.05) is 12.1 Å². The number of amides is 2. The van der Waals surface area contributed by atoms with Gasteiger partial charge in [0, 0.05) is 6.42 Å². The maximum atomic E-state index is 12.7. The predicted octanol–water partition coefficient (Wildman–Crippen LogP) is -0.441. The second-order valence-electron chi connectivity index (χ2n) is 6.88. The number of imide groups is 1. The smallest absolute Gasteiger partial charge is 0.337 e. The van der Waals surface area contributed by atoms with Crippen molar-refractivity contribution in [2.45, 2.75) is 23.8 Å². The molecule has 1 atom stereocenters. The first kappa shape index (κ1) is 21.6. The zero-order valence-electron chi connectivity index (χ0n) is 16.3. The number of carbonyl (C=O) groups is 3. The quantitative estimate of drug-likeness (QED) is 0.449. The fraction of sp³-hybridized carbons (Fsp3) is 0.250. The van der Waals surface area contributed by atoms with E-state index in [2.05, 4.69) is 4.74 Å². The molecule has 0 aromatic heterocycles. The summed E-state index contributed by atoms with van der Waals surface area (Å²) in [5, 5.41) is 6.88. The summed E-state index contributed by atoms with van der Waals surface area (Å²) in [6.07, 6.45) is 0.679. The van der Waals surface area contributed by atoms with Crippen molar-refractivity contribution in [1.82, 2.24) is 0 Å². The first-order chi connectivity index (χ1) is 14.2. The van der Waals surface area contributed by atoms with Gasteiger partial charge in [0.2, 0.25) is 15.9 Å². The van der Waals surface area contributed by atoms with Crippen LogP contribution in [0, 0.1) is 0 Å². The Morgan fingerprint density at radius 1 is 1.13 bits per heavy atom. The van der Waals surface area contributed by atoms with E-state index in [0.29, 0.717) is 24.2 Å². The van der Waals surface area contributed by atoms with Gasteiger partial charge in [-0.15, -0.1) is 0 Å². The Bertz CT molecular complexity index is 1060. The fourth-order valence-electron chi connectivity index (χ4n) is 3.27. The molecular formula is C20H22N3O6S+. The molecule has 1 saturated heterocycles. The van der Waals surface area contributed by atoms with E-state index in [4.69, 9.17) is 5.14 Å². The van der Waals surface area contributed by atoms with Gasteiger partial charge >= 0.3 is 5.97 Å². The third-order valence-electron chi connectivity index (χ3n) is 4.86. The van der Waals surface area contributed by atoms with Crippen molar-refractivity contribution in [3.8, 4) is 0 Å². The van der Waals surface area contributed by atoms with Crippen LogP contribution < -0.4 is 15.4 Å². The van der Waals surface area contributed by atoms with Crippen LogP contribution >= 0.6 is 0 Å². The number of sulfonamides is 1. The molecular weight excluding hydrogens is 410 g/mol. The van der Waals surface area contributed by atoms with Gasteiger partial charge in [0.25, 0.3) is 5.91 Å². The topological polar surface area (TPSA) is 140 Å². The number of anilines is 1. The van der Waals surface area contributed by atoms with E-state index >= 15 is 0 Å². The van der Waals surface area contributed by atoms with E-state index in [1.807, 2.05) is 0 Å². The lowest BCUT2D eigenvalue weighted by Crippen LogP contribution is -2.92. The Balaban J connectivity index is 1.59. The molecule has 2 aromatic rings. The van der Waals surface area contributed by atoms with Gasteiger partial charge < -0.3 is 10.1 Å². The lowest BCUT2D eigenvalue weighted by Gasteiger charge is -2.14. The number of primary sulfonamides is 1. The molecule has 158 valence electrons. The predicted molar refractivity (Wildman–Crippen MR) is 107 cm³/mol. The third-order valence-corrected chi connectivity index (χ3v) is 5.79. The minimum Gasteiger partial charge on any atom is -0.465 e. The van der Waals surface area contributed by atoms with Gasteiger partial charge in [-0.25, -0.2) is 23.3 Å². The number of carbonyl (C=O) groups excluding carboxylic acids is 3. The summed E-state index contributed by atoms with van der Waals surface area (Å²) in [4.78, 5) is 37.7. The summed E-state index contributed by atoms with van der Waals surface area (Å²) in [6.45, 7) is 0.549. The molecule has 0 spiro atoms. The third kappa shape index (κ3) is 4.73. The zero-order chi connectivity index (χ0) is 21.9. The summed E-state index contributed by atoms with van der Waals surface area (Å²) < 4.78 is 27.2. The number of esters is 1. The second kappa shape index (κ2) is 8.74. The summed E-state index contributed by atoms with van der Waals surface area (Å²) in [5.74, 6) is -1.11. The largest absolute Gasteiger partial charge is 0.465 e. The first-order valence-corrected chi connectivity index (χ1v) is 10.8. The minimum atomic E-state index is -3.73. The van der Waals surface area contributed by atoms with Crippen LogP contribution in [-0.2, 0) is 30.8 Å². The van der Waals surface area contributed by atoms with Gasteiger partial charge in [0.1, 0.15) is 0 Å². The van der Waals surface area contributed by atoms with Crippen molar-refractivity contribution < 1.29 is 32.9 Å². The zero-order valence-corrected chi connectivity index (χ0v) is 17.1. The van der Waals surface area contributed by atoms with Crippen LogP contribution in [0.15, 0.2) is 53.4 Å². The highest BCUT2D eigenvalue weighted by atomic mass is 32.2. The maximum absolute atomic E-state index is 12.7. The molecule has 2 amide bonds. The van der Waals surface area contributed by atoms with Crippen LogP contribution in [0.25, 0.3) is 0 Å². The van der Waals surface area contributed by atoms with Crippen LogP contribution in [0.4, 0.5) is 5.69 Å². The first-order valence-electron chi connectivity index (χ1n) is 9.21. The van der Waals surface area contributed by atoms with E-state index < -0.39 is 22.0 Å². The number of rotatable bonds is 7. The molecule has 30 heavy (non-hydrogen) atoms. The lowest BCUT2D eigenvalue weighted by atomic mass is 10.1. The fourth-order valence-corrected chi connectivity index (χ4v) is 3.79. The molecule has 0 radical (unpaired) electrons. The number of ether oxygens (including phenoxy) is 1.